The van der Waals surface area contributed by atoms with Crippen LogP contribution in [0.1, 0.15) is 36.8 Å². The van der Waals surface area contributed by atoms with Gasteiger partial charge in [0.2, 0.25) is 0 Å². The Kier molecular flexibility index (Phi) is 9.87. The van der Waals surface area contributed by atoms with E-state index in [1.54, 1.807) is 28.4 Å². The first kappa shape index (κ1) is 31.4. The van der Waals surface area contributed by atoms with E-state index < -0.39 is 12.2 Å². The standard InChI is InChI=1S/C31H40Cl2N6O4S/c1-35-8-4-23(5-9-35)36-12-14-37(15-13-36)29(40)28(17-21-2-3-25(32)26(33)16-21)43-31(42)38-10-6-24(7-11-38)39-18-22-19-44-20-27(22)34-30(39)41/h2-3,16,19-20,23-24,28H,4-15,17-18H2,1H3,(H,34,41)/t28-/m1/s1. The Bertz CT molecular complexity index is 1350. The summed E-state index contributed by atoms with van der Waals surface area (Å²) in [6, 6.07) is 5.73. The van der Waals surface area contributed by atoms with Crippen LogP contribution in [-0.4, -0.2) is 120 Å². The summed E-state index contributed by atoms with van der Waals surface area (Å²) in [5.41, 5.74) is 2.78. The molecule has 2 aromatic rings. The van der Waals surface area contributed by atoms with Gasteiger partial charge in [0.25, 0.3) is 5.91 Å². The maximum absolute atomic E-state index is 13.9. The van der Waals surface area contributed by atoms with Crippen molar-refractivity contribution in [3.05, 3.63) is 50.1 Å². The number of benzene rings is 1. The molecule has 4 aliphatic heterocycles. The number of piperazine rings is 1. The topological polar surface area (TPSA) is 88.7 Å². The predicted octanol–water partition coefficient (Wildman–Crippen LogP) is 4.85. The van der Waals surface area contributed by atoms with Crippen molar-refractivity contribution in [2.24, 2.45) is 0 Å². The zero-order valence-corrected chi connectivity index (χ0v) is 27.4. The van der Waals surface area contributed by atoms with Gasteiger partial charge in [-0.1, -0.05) is 29.3 Å². The first-order valence-electron chi connectivity index (χ1n) is 15.5. The highest BCUT2D eigenvalue weighted by Crippen LogP contribution is 2.31. The summed E-state index contributed by atoms with van der Waals surface area (Å²) in [4.78, 5) is 50.3. The van der Waals surface area contributed by atoms with Crippen LogP contribution in [0, 0.1) is 0 Å². The summed E-state index contributed by atoms with van der Waals surface area (Å²) in [5, 5.41) is 7.81. The first-order valence-corrected chi connectivity index (χ1v) is 17.2. The monoisotopic (exact) mass is 662 g/mol. The normalized spacial score (nSPS) is 21.6. The van der Waals surface area contributed by atoms with Crippen LogP contribution in [0.2, 0.25) is 10.0 Å². The Morgan fingerprint density at radius 3 is 2.34 bits per heavy atom. The molecule has 0 saturated carbocycles. The zero-order chi connectivity index (χ0) is 30.8. The van der Waals surface area contributed by atoms with E-state index in [1.165, 1.54) is 0 Å². The maximum Gasteiger partial charge on any atom is 0.410 e. The van der Waals surface area contributed by atoms with Crippen LogP contribution in [0.15, 0.2) is 29.0 Å². The van der Waals surface area contributed by atoms with Gasteiger partial charge in [-0.15, -0.1) is 11.3 Å². The van der Waals surface area contributed by atoms with E-state index in [0.29, 0.717) is 61.7 Å². The Morgan fingerprint density at radius 1 is 0.932 bits per heavy atom. The molecule has 13 heteroatoms. The van der Waals surface area contributed by atoms with Crippen LogP contribution in [0.25, 0.3) is 0 Å². The molecule has 0 unspecified atom stereocenters. The summed E-state index contributed by atoms with van der Waals surface area (Å²) in [7, 11) is 2.16. The number of amides is 4. The van der Waals surface area contributed by atoms with E-state index >= 15 is 0 Å². The van der Waals surface area contributed by atoms with E-state index in [1.807, 2.05) is 21.2 Å². The summed E-state index contributed by atoms with van der Waals surface area (Å²) >= 11 is 14.0. The molecule has 6 rings (SSSR count). The number of fused-ring (bicyclic) bond motifs is 1. The van der Waals surface area contributed by atoms with Crippen molar-refractivity contribution in [1.82, 2.24) is 24.5 Å². The van der Waals surface area contributed by atoms with Crippen molar-refractivity contribution < 1.29 is 19.1 Å². The van der Waals surface area contributed by atoms with Crippen molar-refractivity contribution in [3.63, 3.8) is 0 Å². The number of piperidine rings is 2. The molecule has 44 heavy (non-hydrogen) atoms. The molecule has 1 atom stereocenters. The minimum atomic E-state index is -0.975. The van der Waals surface area contributed by atoms with Gasteiger partial charge < -0.3 is 29.7 Å². The lowest BCUT2D eigenvalue weighted by molar-refractivity contribution is -0.143. The number of rotatable bonds is 6. The van der Waals surface area contributed by atoms with Gasteiger partial charge in [-0.2, -0.15) is 0 Å². The third-order valence-electron chi connectivity index (χ3n) is 9.50. The van der Waals surface area contributed by atoms with Gasteiger partial charge in [-0.25, -0.2) is 9.59 Å². The van der Waals surface area contributed by atoms with Crippen LogP contribution in [-0.2, 0) is 22.5 Å². The Balaban J connectivity index is 1.07. The second-order valence-electron chi connectivity index (χ2n) is 12.3. The fourth-order valence-electron chi connectivity index (χ4n) is 6.78. The Morgan fingerprint density at radius 2 is 1.64 bits per heavy atom. The van der Waals surface area contributed by atoms with Crippen molar-refractivity contribution >= 4 is 58.3 Å². The number of hydrogen-bond donors (Lipinski definition) is 1. The van der Waals surface area contributed by atoms with Crippen molar-refractivity contribution in [2.75, 3.05) is 64.7 Å². The SMILES string of the molecule is CN1CCC(N2CCN(C(=O)[C@@H](Cc3ccc(Cl)c(Cl)c3)OC(=O)N3CCC(N4Cc5cscc5NC4=O)CC3)CC2)CC1. The molecule has 4 amide bonds. The molecule has 1 N–H and O–H groups in total. The molecule has 5 heterocycles. The Labute approximate surface area is 272 Å². The second-order valence-corrected chi connectivity index (χ2v) is 13.9. The largest absolute Gasteiger partial charge is 0.436 e. The number of carbonyl (C=O) groups excluding carboxylic acids is 3. The fourth-order valence-corrected chi connectivity index (χ4v) is 7.88. The van der Waals surface area contributed by atoms with Gasteiger partial charge in [0, 0.05) is 68.7 Å². The molecule has 3 saturated heterocycles. The number of halogens is 2. The highest BCUT2D eigenvalue weighted by Gasteiger charge is 2.37. The van der Waals surface area contributed by atoms with Gasteiger partial charge in [0.05, 0.1) is 22.3 Å². The van der Waals surface area contributed by atoms with E-state index in [-0.39, 0.29) is 24.4 Å². The second kappa shape index (κ2) is 13.8. The van der Waals surface area contributed by atoms with Gasteiger partial charge in [-0.3, -0.25) is 9.69 Å². The minimum Gasteiger partial charge on any atom is -0.436 e. The smallest absolute Gasteiger partial charge is 0.410 e. The molecule has 4 aliphatic rings. The number of nitrogens with zero attached hydrogens (tertiary/aromatic N) is 5. The molecular formula is C31H40Cl2N6O4S. The van der Waals surface area contributed by atoms with Gasteiger partial charge in [0.1, 0.15) is 0 Å². The number of hydrogen-bond acceptors (Lipinski definition) is 7. The van der Waals surface area contributed by atoms with E-state index in [2.05, 4.69) is 27.5 Å². The fraction of sp³-hybridized carbons (Fsp3) is 0.581. The molecule has 1 aromatic heterocycles. The van der Waals surface area contributed by atoms with Gasteiger partial charge in [0.15, 0.2) is 6.10 Å². The summed E-state index contributed by atoms with van der Waals surface area (Å²) < 4.78 is 5.98. The third kappa shape index (κ3) is 7.12. The number of nitrogens with one attached hydrogen (secondary N) is 1. The number of anilines is 1. The molecule has 0 spiro atoms. The van der Waals surface area contributed by atoms with Crippen LogP contribution in [0.4, 0.5) is 15.3 Å². The minimum absolute atomic E-state index is 0.0293. The van der Waals surface area contributed by atoms with Crippen LogP contribution < -0.4 is 5.32 Å². The summed E-state index contributed by atoms with van der Waals surface area (Å²) in [6.45, 7) is 6.53. The highest BCUT2D eigenvalue weighted by atomic mass is 35.5. The molecule has 0 bridgehead atoms. The van der Waals surface area contributed by atoms with Crippen LogP contribution >= 0.6 is 34.5 Å². The number of thiophene rings is 1. The molecule has 0 radical (unpaired) electrons. The number of urea groups is 1. The third-order valence-corrected chi connectivity index (χ3v) is 11.0. The molecule has 10 nitrogen and oxygen atoms in total. The van der Waals surface area contributed by atoms with E-state index in [0.717, 1.165) is 55.8 Å². The zero-order valence-electron chi connectivity index (χ0n) is 25.1. The molecule has 238 valence electrons. The number of carbonyl (C=O) groups is 3. The molecule has 1 aromatic carbocycles. The van der Waals surface area contributed by atoms with Crippen molar-refractivity contribution in [3.8, 4) is 0 Å². The average Bonchev–Trinajstić information content (AvgIpc) is 3.49. The van der Waals surface area contributed by atoms with Crippen LogP contribution in [0.5, 0.6) is 0 Å². The predicted molar refractivity (Wildman–Crippen MR) is 173 cm³/mol. The highest BCUT2D eigenvalue weighted by molar-refractivity contribution is 7.08. The molecular weight excluding hydrogens is 623 g/mol. The quantitative estimate of drug-likeness (QED) is 0.476. The average molecular weight is 664 g/mol. The lowest BCUT2D eigenvalue weighted by atomic mass is 10.0. The van der Waals surface area contributed by atoms with E-state index in [9.17, 15) is 14.4 Å². The van der Waals surface area contributed by atoms with Gasteiger partial charge in [-0.05, 0) is 68.9 Å². The number of ether oxygens (including phenoxy) is 1. The van der Waals surface area contributed by atoms with Gasteiger partial charge >= 0.3 is 12.1 Å². The Hall–Kier alpha value is -2.57. The lowest BCUT2D eigenvalue weighted by Gasteiger charge is -2.43. The van der Waals surface area contributed by atoms with Crippen molar-refractivity contribution in [2.45, 2.75) is 56.8 Å². The number of likely N-dealkylation sites (tertiary alicyclic amines) is 2. The summed E-state index contributed by atoms with van der Waals surface area (Å²) in [5.74, 6) is -0.182. The maximum atomic E-state index is 13.9. The van der Waals surface area contributed by atoms with Crippen LogP contribution in [0.3, 0.4) is 0 Å². The van der Waals surface area contributed by atoms with Crippen molar-refractivity contribution in [1.29, 1.82) is 0 Å². The molecule has 3 fully saturated rings. The van der Waals surface area contributed by atoms with E-state index in [4.69, 9.17) is 27.9 Å². The summed E-state index contributed by atoms with van der Waals surface area (Å²) in [6.07, 6.45) is 2.32. The first-order chi connectivity index (χ1) is 21.2. The lowest BCUT2D eigenvalue weighted by Crippen LogP contribution is -2.56. The molecule has 0 aliphatic carbocycles.